The van der Waals surface area contributed by atoms with E-state index in [1.54, 1.807) is 24.3 Å². The molecule has 0 spiro atoms. The van der Waals surface area contributed by atoms with Gasteiger partial charge in [0.15, 0.2) is 0 Å². The quantitative estimate of drug-likeness (QED) is 0.268. The van der Waals surface area contributed by atoms with E-state index in [9.17, 15) is 0 Å². The highest BCUT2D eigenvalue weighted by Gasteiger charge is 1.74. The molecule has 0 aliphatic rings. The Kier molecular flexibility index (Phi) is 4.31. The van der Waals surface area contributed by atoms with Gasteiger partial charge in [0.2, 0.25) is 0 Å². The molecule has 0 atom stereocenters. The molecule has 4 nitrogen and oxygen atoms in total. The molecule has 0 aromatic heterocycles. The van der Waals surface area contributed by atoms with Gasteiger partial charge >= 0.3 is 5.96 Å². The van der Waals surface area contributed by atoms with Crippen LogP contribution in [0.3, 0.4) is 0 Å². The van der Waals surface area contributed by atoms with Crippen LogP contribution in [0.4, 0.5) is 0 Å². The van der Waals surface area contributed by atoms with Crippen molar-refractivity contribution in [3.8, 4) is 5.75 Å². The average Bonchev–Trinajstić information content (AvgIpc) is 1.87. The molecule has 0 aliphatic carbocycles. The van der Waals surface area contributed by atoms with Crippen molar-refractivity contribution in [3.63, 3.8) is 0 Å². The van der Waals surface area contributed by atoms with Crippen LogP contribution in [0.15, 0.2) is 30.3 Å². The van der Waals surface area contributed by atoms with Crippen LogP contribution in [0.5, 0.6) is 5.75 Å². The molecule has 1 rings (SSSR count). The summed E-state index contributed by atoms with van der Waals surface area (Å²) in [5, 5.41) is 13.2. The van der Waals surface area contributed by atoms with Crippen LogP contribution >= 0.6 is 0 Å². The molecule has 4 heteroatoms. The maximum absolute atomic E-state index is 8.63. The Morgan fingerprint density at radius 1 is 1.18 bits per heavy atom. The molecule has 0 radical (unpaired) electrons. The molecule has 0 bridgehead atoms. The van der Waals surface area contributed by atoms with Gasteiger partial charge in [0, 0.05) is 0 Å². The topological polar surface area (TPSA) is 97.9 Å². The van der Waals surface area contributed by atoms with Crippen LogP contribution in [0.1, 0.15) is 0 Å². The standard InChI is InChI=1S/C6H6O.CH5N3/c7-6-4-2-1-3-5-6;2-1(3)4/h1-5,7H;(H5,2,3,4)/p+1. The zero-order chi connectivity index (χ0) is 8.69. The molecule has 0 saturated carbocycles. The lowest BCUT2D eigenvalue weighted by molar-refractivity contribution is -0.116. The molecule has 0 fully saturated rings. The highest BCUT2D eigenvalue weighted by molar-refractivity contribution is 5.68. The molecule has 60 valence electrons. The lowest BCUT2D eigenvalue weighted by Gasteiger charge is -1.82. The van der Waals surface area contributed by atoms with Crippen molar-refractivity contribution < 1.29 is 10.5 Å². The number of phenolic OH excluding ortho intramolecular Hbond substituents is 1. The summed E-state index contributed by atoms with van der Waals surface area (Å²) in [5.41, 5.74) is 9.17. The molecule has 1 aromatic carbocycles. The number of hydrogen-bond donors (Lipinski definition) is 4. The number of para-hydroxylation sites is 1. The number of aromatic hydroxyl groups is 1. The van der Waals surface area contributed by atoms with E-state index in [1.165, 1.54) is 0 Å². The van der Waals surface area contributed by atoms with E-state index in [4.69, 9.17) is 5.11 Å². The van der Waals surface area contributed by atoms with Crippen molar-refractivity contribution in [1.82, 2.24) is 0 Å². The second-order valence-corrected chi connectivity index (χ2v) is 1.84. The van der Waals surface area contributed by atoms with Crippen LogP contribution in [0.25, 0.3) is 0 Å². The van der Waals surface area contributed by atoms with Crippen LogP contribution in [-0.2, 0) is 0 Å². The van der Waals surface area contributed by atoms with Crippen LogP contribution in [-0.4, -0.2) is 11.1 Å². The van der Waals surface area contributed by atoms with Gasteiger partial charge in [-0.2, -0.15) is 0 Å². The van der Waals surface area contributed by atoms with Gasteiger partial charge in [-0.3, -0.25) is 16.9 Å². The number of rotatable bonds is 0. The highest BCUT2D eigenvalue weighted by Crippen LogP contribution is 2.02. The molecule has 0 heterocycles. The Morgan fingerprint density at radius 3 is 1.73 bits per heavy atom. The number of nitrogens with two attached hydrogens (primary N) is 3. The largest absolute Gasteiger partial charge is 0.508 e. The average molecular weight is 154 g/mol. The molecular formula is C7H12N3O+. The maximum Gasteiger partial charge on any atom is 0.336 e. The predicted molar refractivity (Wildman–Crippen MR) is 43.4 cm³/mol. The molecule has 1 aromatic rings. The summed E-state index contributed by atoms with van der Waals surface area (Å²) in [6.45, 7) is 0. The number of guanidine groups is 1. The Morgan fingerprint density at radius 2 is 1.55 bits per heavy atom. The van der Waals surface area contributed by atoms with E-state index in [1.807, 2.05) is 6.07 Å². The second kappa shape index (κ2) is 5.10. The first-order valence-corrected chi connectivity index (χ1v) is 3.00. The third-order valence-electron chi connectivity index (χ3n) is 0.756. The van der Waals surface area contributed by atoms with E-state index in [-0.39, 0.29) is 5.96 Å². The van der Waals surface area contributed by atoms with Crippen molar-refractivity contribution in [1.29, 1.82) is 0 Å². The van der Waals surface area contributed by atoms with Gasteiger partial charge in [0.25, 0.3) is 0 Å². The minimum atomic E-state index is -0.0833. The van der Waals surface area contributed by atoms with E-state index in [0.717, 1.165) is 0 Å². The first-order chi connectivity index (χ1) is 5.13. The van der Waals surface area contributed by atoms with Crippen molar-refractivity contribution in [2.45, 2.75) is 0 Å². The highest BCUT2D eigenvalue weighted by atomic mass is 16.3. The molecule has 0 amide bonds. The second-order valence-electron chi connectivity index (χ2n) is 1.84. The zero-order valence-corrected chi connectivity index (χ0v) is 6.07. The zero-order valence-electron chi connectivity index (χ0n) is 6.07. The van der Waals surface area contributed by atoms with Crippen molar-refractivity contribution >= 4 is 5.96 Å². The Hall–Kier alpha value is -1.71. The van der Waals surface area contributed by atoms with E-state index < -0.39 is 0 Å². The minimum Gasteiger partial charge on any atom is -0.508 e. The van der Waals surface area contributed by atoms with E-state index in [2.05, 4.69) is 16.9 Å². The van der Waals surface area contributed by atoms with Gasteiger partial charge in [-0.05, 0) is 12.1 Å². The van der Waals surface area contributed by atoms with Crippen molar-refractivity contribution in [3.05, 3.63) is 30.3 Å². The Labute approximate surface area is 65.0 Å². The SMILES string of the molecule is NC(N)=[NH2+].Oc1ccccc1. The van der Waals surface area contributed by atoms with Gasteiger partial charge in [-0.15, -0.1) is 0 Å². The first kappa shape index (κ1) is 9.29. The maximum atomic E-state index is 8.63. The van der Waals surface area contributed by atoms with Gasteiger partial charge in [0.1, 0.15) is 5.75 Å². The monoisotopic (exact) mass is 154 g/mol. The molecule has 0 aliphatic heterocycles. The molecular weight excluding hydrogens is 142 g/mol. The summed E-state index contributed by atoms with van der Waals surface area (Å²) in [4.78, 5) is 0. The van der Waals surface area contributed by atoms with Gasteiger partial charge in [-0.1, -0.05) is 18.2 Å². The first-order valence-electron chi connectivity index (χ1n) is 3.00. The Bertz CT molecular complexity index is 206. The third-order valence-corrected chi connectivity index (χ3v) is 0.756. The molecule has 11 heavy (non-hydrogen) atoms. The lowest BCUT2D eigenvalue weighted by Crippen LogP contribution is -2.51. The summed E-state index contributed by atoms with van der Waals surface area (Å²) >= 11 is 0. The van der Waals surface area contributed by atoms with Crippen LogP contribution < -0.4 is 16.9 Å². The van der Waals surface area contributed by atoms with E-state index >= 15 is 0 Å². The fourth-order valence-corrected chi connectivity index (χ4v) is 0.428. The van der Waals surface area contributed by atoms with Crippen molar-refractivity contribution in [2.24, 2.45) is 11.5 Å². The fraction of sp³-hybridized carbons (Fsp3) is 0. The summed E-state index contributed by atoms with van der Waals surface area (Å²) in [7, 11) is 0. The molecule has 7 N–H and O–H groups in total. The minimum absolute atomic E-state index is 0.0833. The number of hydrogen-bond acceptors (Lipinski definition) is 1. The molecule has 0 saturated heterocycles. The number of benzene rings is 1. The summed E-state index contributed by atoms with van der Waals surface area (Å²) < 4.78 is 0. The summed E-state index contributed by atoms with van der Waals surface area (Å²) in [6.07, 6.45) is 0. The van der Waals surface area contributed by atoms with E-state index in [0.29, 0.717) is 5.75 Å². The Balaban J connectivity index is 0.000000218. The van der Waals surface area contributed by atoms with Gasteiger partial charge < -0.3 is 5.11 Å². The smallest absolute Gasteiger partial charge is 0.336 e. The van der Waals surface area contributed by atoms with Crippen LogP contribution in [0, 0.1) is 0 Å². The fourth-order valence-electron chi connectivity index (χ4n) is 0.428. The third kappa shape index (κ3) is 8.29. The normalized spacial score (nSPS) is 7.64. The van der Waals surface area contributed by atoms with Gasteiger partial charge in [-0.25, -0.2) is 0 Å². The van der Waals surface area contributed by atoms with Crippen LogP contribution in [0.2, 0.25) is 0 Å². The summed E-state index contributed by atoms with van der Waals surface area (Å²) in [5.74, 6) is 0.238. The summed E-state index contributed by atoms with van der Waals surface area (Å²) in [6, 6.07) is 8.71. The molecule has 0 unspecified atom stereocenters. The number of phenols is 1. The van der Waals surface area contributed by atoms with Gasteiger partial charge in [0.05, 0.1) is 0 Å². The van der Waals surface area contributed by atoms with Crippen molar-refractivity contribution in [2.75, 3.05) is 0 Å². The lowest BCUT2D eigenvalue weighted by atomic mass is 10.3. The predicted octanol–water partition coefficient (Wildman–Crippen LogP) is -1.59.